The lowest BCUT2D eigenvalue weighted by molar-refractivity contribution is 0.561. The lowest BCUT2D eigenvalue weighted by Gasteiger charge is -2.07. The molecule has 1 aliphatic heterocycles. The van der Waals surface area contributed by atoms with Crippen LogP contribution in [0, 0.1) is 6.92 Å². The minimum atomic E-state index is 0.794. The fourth-order valence-corrected chi connectivity index (χ4v) is 2.84. The summed E-state index contributed by atoms with van der Waals surface area (Å²) in [6.45, 7) is 3.41. The predicted octanol–water partition coefficient (Wildman–Crippen LogP) is 2.74. The van der Waals surface area contributed by atoms with Crippen molar-refractivity contribution in [2.24, 2.45) is 0 Å². The summed E-state index contributed by atoms with van der Waals surface area (Å²) in [6.07, 6.45) is 5.33. The van der Waals surface area contributed by atoms with E-state index >= 15 is 0 Å². The molecule has 0 aromatic carbocycles. The van der Waals surface area contributed by atoms with Gasteiger partial charge in [-0.2, -0.15) is 0 Å². The van der Waals surface area contributed by atoms with Crippen LogP contribution in [0.1, 0.15) is 29.0 Å². The van der Waals surface area contributed by atoms with Crippen molar-refractivity contribution in [2.45, 2.75) is 38.6 Å². The molecule has 1 aromatic heterocycles. The van der Waals surface area contributed by atoms with Crippen LogP contribution in [-0.4, -0.2) is 12.6 Å². The van der Waals surface area contributed by atoms with Crippen LogP contribution in [0.3, 0.4) is 0 Å². The van der Waals surface area contributed by atoms with E-state index in [0.717, 1.165) is 6.04 Å². The Hall–Kier alpha value is -0.340. The van der Waals surface area contributed by atoms with Crippen LogP contribution in [0.25, 0.3) is 0 Å². The molecule has 0 saturated carbocycles. The highest BCUT2D eigenvalue weighted by molar-refractivity contribution is 7.11. The molecule has 0 spiro atoms. The molecule has 0 aliphatic carbocycles. The SMILES string of the molecule is Cc1ccc(CCC2CCCN2)s1. The Bertz CT molecular complexity index is 261. The molecule has 1 unspecified atom stereocenters. The Kier molecular flexibility index (Phi) is 3.01. The van der Waals surface area contributed by atoms with Gasteiger partial charge in [0.15, 0.2) is 0 Å². The van der Waals surface area contributed by atoms with E-state index in [2.05, 4.69) is 24.4 Å². The summed E-state index contributed by atoms with van der Waals surface area (Å²) in [5.41, 5.74) is 0. The van der Waals surface area contributed by atoms with Gasteiger partial charge in [-0.1, -0.05) is 0 Å². The topological polar surface area (TPSA) is 12.0 Å². The summed E-state index contributed by atoms with van der Waals surface area (Å²) in [5, 5.41) is 3.54. The fourth-order valence-electron chi connectivity index (χ4n) is 1.94. The quantitative estimate of drug-likeness (QED) is 0.782. The monoisotopic (exact) mass is 195 g/mol. The molecule has 2 heterocycles. The van der Waals surface area contributed by atoms with E-state index in [0.29, 0.717) is 0 Å². The molecule has 1 aliphatic rings. The Labute approximate surface area is 84.2 Å². The Morgan fingerprint density at radius 2 is 2.46 bits per heavy atom. The maximum absolute atomic E-state index is 3.54. The van der Waals surface area contributed by atoms with Crippen molar-refractivity contribution in [1.29, 1.82) is 0 Å². The highest BCUT2D eigenvalue weighted by atomic mass is 32.1. The van der Waals surface area contributed by atoms with Crippen molar-refractivity contribution in [1.82, 2.24) is 5.32 Å². The molecule has 1 fully saturated rings. The van der Waals surface area contributed by atoms with E-state index in [-0.39, 0.29) is 0 Å². The van der Waals surface area contributed by atoms with Gasteiger partial charge in [-0.3, -0.25) is 0 Å². The van der Waals surface area contributed by atoms with Crippen LogP contribution in [0.2, 0.25) is 0 Å². The zero-order chi connectivity index (χ0) is 9.10. The second-order valence-electron chi connectivity index (χ2n) is 3.84. The Balaban J connectivity index is 1.78. The van der Waals surface area contributed by atoms with Crippen LogP contribution in [0.15, 0.2) is 12.1 Å². The molecule has 0 amide bonds. The lowest BCUT2D eigenvalue weighted by Crippen LogP contribution is -2.21. The Morgan fingerprint density at radius 3 is 3.08 bits per heavy atom. The molecule has 0 bridgehead atoms. The molecule has 72 valence electrons. The van der Waals surface area contributed by atoms with Crippen molar-refractivity contribution >= 4 is 11.3 Å². The van der Waals surface area contributed by atoms with E-state index in [1.165, 1.54) is 37.1 Å². The van der Waals surface area contributed by atoms with Crippen molar-refractivity contribution in [3.63, 3.8) is 0 Å². The highest BCUT2D eigenvalue weighted by Crippen LogP contribution is 2.19. The average Bonchev–Trinajstić information content (AvgIpc) is 2.71. The van der Waals surface area contributed by atoms with E-state index < -0.39 is 0 Å². The van der Waals surface area contributed by atoms with Gasteiger partial charge >= 0.3 is 0 Å². The van der Waals surface area contributed by atoms with Crippen molar-refractivity contribution in [3.8, 4) is 0 Å². The highest BCUT2D eigenvalue weighted by Gasteiger charge is 2.13. The standard InChI is InChI=1S/C11H17NS/c1-9-4-6-11(13-9)7-5-10-3-2-8-12-10/h4,6,10,12H,2-3,5,7-8H2,1H3. The van der Waals surface area contributed by atoms with Crippen molar-refractivity contribution < 1.29 is 0 Å². The second-order valence-corrected chi connectivity index (χ2v) is 5.22. The van der Waals surface area contributed by atoms with Crippen molar-refractivity contribution in [2.75, 3.05) is 6.54 Å². The Morgan fingerprint density at radius 1 is 1.54 bits per heavy atom. The molecule has 0 radical (unpaired) electrons. The number of rotatable bonds is 3. The fraction of sp³-hybridized carbons (Fsp3) is 0.636. The average molecular weight is 195 g/mol. The second kappa shape index (κ2) is 4.25. The summed E-state index contributed by atoms with van der Waals surface area (Å²) in [5.74, 6) is 0. The van der Waals surface area contributed by atoms with Gasteiger partial charge in [-0.15, -0.1) is 11.3 Å². The van der Waals surface area contributed by atoms with Crippen LogP contribution < -0.4 is 5.32 Å². The molecule has 1 saturated heterocycles. The number of nitrogens with one attached hydrogen (secondary N) is 1. The first-order chi connectivity index (χ1) is 6.34. The van der Waals surface area contributed by atoms with E-state index in [1.807, 2.05) is 11.3 Å². The summed E-state index contributed by atoms with van der Waals surface area (Å²) in [6, 6.07) is 5.29. The minimum Gasteiger partial charge on any atom is -0.314 e. The van der Waals surface area contributed by atoms with E-state index in [9.17, 15) is 0 Å². The first-order valence-corrected chi connectivity index (χ1v) is 5.95. The van der Waals surface area contributed by atoms with Crippen LogP contribution in [0.5, 0.6) is 0 Å². The summed E-state index contributed by atoms with van der Waals surface area (Å²) < 4.78 is 0. The number of aryl methyl sites for hydroxylation is 2. The number of thiophene rings is 1. The minimum absolute atomic E-state index is 0.794. The molecule has 1 aromatic rings. The molecular formula is C11H17NS. The third-order valence-corrected chi connectivity index (χ3v) is 3.76. The van der Waals surface area contributed by atoms with Crippen LogP contribution >= 0.6 is 11.3 Å². The summed E-state index contributed by atoms with van der Waals surface area (Å²) in [4.78, 5) is 2.99. The zero-order valence-corrected chi connectivity index (χ0v) is 8.99. The van der Waals surface area contributed by atoms with Gasteiger partial charge in [-0.25, -0.2) is 0 Å². The first kappa shape index (κ1) is 9.22. The molecule has 2 rings (SSSR count). The number of hydrogen-bond acceptors (Lipinski definition) is 2. The smallest absolute Gasteiger partial charge is 0.00709 e. The van der Waals surface area contributed by atoms with Gasteiger partial charge < -0.3 is 5.32 Å². The largest absolute Gasteiger partial charge is 0.314 e. The van der Waals surface area contributed by atoms with Gasteiger partial charge in [0.25, 0.3) is 0 Å². The molecular weight excluding hydrogens is 178 g/mol. The third-order valence-electron chi connectivity index (χ3n) is 2.70. The lowest BCUT2D eigenvalue weighted by atomic mass is 10.1. The predicted molar refractivity (Wildman–Crippen MR) is 58.4 cm³/mol. The third kappa shape index (κ3) is 2.55. The zero-order valence-electron chi connectivity index (χ0n) is 8.18. The number of hydrogen-bond donors (Lipinski definition) is 1. The molecule has 2 heteroatoms. The molecule has 13 heavy (non-hydrogen) atoms. The van der Waals surface area contributed by atoms with E-state index in [4.69, 9.17) is 0 Å². The normalized spacial score (nSPS) is 22.4. The van der Waals surface area contributed by atoms with Gasteiger partial charge in [0.2, 0.25) is 0 Å². The van der Waals surface area contributed by atoms with Crippen LogP contribution in [-0.2, 0) is 6.42 Å². The maximum Gasteiger partial charge on any atom is 0.00709 e. The summed E-state index contributed by atoms with van der Waals surface area (Å²) in [7, 11) is 0. The van der Waals surface area contributed by atoms with Crippen LogP contribution in [0.4, 0.5) is 0 Å². The summed E-state index contributed by atoms with van der Waals surface area (Å²) >= 11 is 1.94. The van der Waals surface area contributed by atoms with Gasteiger partial charge in [-0.05, 0) is 51.3 Å². The molecule has 1 nitrogen and oxygen atoms in total. The van der Waals surface area contributed by atoms with Crippen molar-refractivity contribution in [3.05, 3.63) is 21.9 Å². The van der Waals surface area contributed by atoms with Gasteiger partial charge in [0.05, 0.1) is 0 Å². The molecule has 1 atom stereocenters. The van der Waals surface area contributed by atoms with Gasteiger partial charge in [0, 0.05) is 15.8 Å². The molecule has 1 N–H and O–H groups in total. The van der Waals surface area contributed by atoms with E-state index in [1.54, 1.807) is 4.88 Å². The maximum atomic E-state index is 3.54. The first-order valence-electron chi connectivity index (χ1n) is 5.13. The van der Waals surface area contributed by atoms with Gasteiger partial charge in [0.1, 0.15) is 0 Å².